The molecule has 0 bridgehead atoms. The van der Waals surface area contributed by atoms with E-state index in [2.05, 4.69) is 59.6 Å². The minimum absolute atomic E-state index is 0.976. The molecular weight excluding hydrogens is 398 g/mol. The molecule has 0 spiro atoms. The first-order valence-corrected chi connectivity index (χ1v) is 14.6. The monoisotopic (exact) mass is 406 g/mol. The Balaban J connectivity index is 0.000000636. The Hall–Kier alpha value is -0.897. The van der Waals surface area contributed by atoms with E-state index in [1.54, 1.807) is 11.8 Å². The number of para-hydroxylation sites is 1. The van der Waals surface area contributed by atoms with Crippen LogP contribution < -0.4 is 0 Å². The van der Waals surface area contributed by atoms with Crippen molar-refractivity contribution in [3.8, 4) is 0 Å². The van der Waals surface area contributed by atoms with Gasteiger partial charge < -0.3 is 4.40 Å². The molecule has 0 aliphatic heterocycles. The first kappa shape index (κ1) is 15.0. The van der Waals surface area contributed by atoms with Gasteiger partial charge in [-0.2, -0.15) is 0 Å². The number of hydrogen-bond donors (Lipinski definition) is 0. The fourth-order valence-electron chi connectivity index (χ4n) is 2.67. The molecular formula is C16H11BrN2SZn. The maximum atomic E-state index is 4.49. The van der Waals surface area contributed by atoms with E-state index in [1.165, 1.54) is 37.5 Å². The summed E-state index contributed by atoms with van der Waals surface area (Å²) in [6.07, 6.45) is 5.99. The van der Waals surface area contributed by atoms with E-state index in [-0.39, 0.29) is 0 Å². The Morgan fingerprint density at radius 1 is 1.19 bits per heavy atom. The summed E-state index contributed by atoms with van der Waals surface area (Å²) in [6, 6.07) is 15.9. The number of imidazole rings is 1. The van der Waals surface area contributed by atoms with Gasteiger partial charge in [0.25, 0.3) is 0 Å². The number of hydrogen-bond acceptors (Lipinski definition) is 2. The Morgan fingerprint density at radius 3 is 2.81 bits per heavy atom. The average molecular weight is 409 g/mol. The molecule has 5 heteroatoms. The van der Waals surface area contributed by atoms with Crippen LogP contribution in [0.2, 0.25) is 0 Å². The molecule has 2 heterocycles. The molecule has 0 atom stereocenters. The standard InChI is InChI=1S/C16H11N2S.BrH.Zn/c1-19-14-8-4-7-12-11-5-2-3-6-13(11)16-17-9-10-18(16)15(12)14;;/h2-5,7-10H,1H3;1H;/q-1;;+2/p-1. The topological polar surface area (TPSA) is 17.3 Å². The molecule has 0 saturated heterocycles. The van der Waals surface area contributed by atoms with E-state index < -0.39 is 0 Å². The first-order valence-electron chi connectivity index (χ1n) is 6.39. The van der Waals surface area contributed by atoms with Gasteiger partial charge in [0, 0.05) is 17.3 Å². The van der Waals surface area contributed by atoms with Crippen LogP contribution in [0.25, 0.3) is 27.3 Å². The number of fused-ring (bicyclic) bond motifs is 6. The van der Waals surface area contributed by atoms with Gasteiger partial charge in [0.2, 0.25) is 0 Å². The van der Waals surface area contributed by atoms with E-state index in [1.807, 2.05) is 24.5 Å². The SMILES string of the molecule is CSc1cccc2c3ccc[c-]c3c3nccn3c12.[Zn+][Br]. The Bertz CT molecular complexity index is 920. The second-order valence-electron chi connectivity index (χ2n) is 4.44. The van der Waals surface area contributed by atoms with Crippen molar-refractivity contribution >= 4 is 52.7 Å². The molecule has 0 fully saturated rings. The number of thioether (sulfide) groups is 1. The van der Waals surface area contributed by atoms with Gasteiger partial charge in [-0.05, 0) is 17.7 Å². The molecule has 0 aliphatic rings. The fourth-order valence-corrected chi connectivity index (χ4v) is 3.28. The minimum atomic E-state index is 0.976. The van der Waals surface area contributed by atoms with Crippen LogP contribution in [0, 0.1) is 6.07 Å². The summed E-state index contributed by atoms with van der Waals surface area (Å²) >= 11 is 6.02. The van der Waals surface area contributed by atoms with E-state index in [0.717, 1.165) is 11.0 Å². The number of aromatic nitrogens is 2. The molecule has 2 aromatic heterocycles. The molecule has 0 amide bonds. The van der Waals surface area contributed by atoms with E-state index in [4.69, 9.17) is 0 Å². The summed E-state index contributed by atoms with van der Waals surface area (Å²) in [7, 11) is 0. The molecule has 0 aliphatic carbocycles. The van der Waals surface area contributed by atoms with Gasteiger partial charge in [-0.15, -0.1) is 41.4 Å². The van der Waals surface area contributed by atoms with Gasteiger partial charge in [0.15, 0.2) is 0 Å². The summed E-state index contributed by atoms with van der Waals surface area (Å²) in [4.78, 5) is 5.76. The average Bonchev–Trinajstić information content (AvgIpc) is 3.06. The molecule has 2 nitrogen and oxygen atoms in total. The molecule has 21 heavy (non-hydrogen) atoms. The van der Waals surface area contributed by atoms with Crippen LogP contribution in [-0.4, -0.2) is 15.6 Å². The zero-order valence-electron chi connectivity index (χ0n) is 11.5. The van der Waals surface area contributed by atoms with Crippen LogP contribution in [0.1, 0.15) is 0 Å². The predicted octanol–water partition coefficient (Wildman–Crippen LogP) is 5.01. The summed E-state index contributed by atoms with van der Waals surface area (Å²) in [5.41, 5.74) is 2.21. The van der Waals surface area contributed by atoms with Crippen molar-refractivity contribution in [2.75, 3.05) is 6.26 Å². The predicted molar refractivity (Wildman–Crippen MR) is 89.7 cm³/mol. The molecule has 0 N–H and O–H groups in total. The Morgan fingerprint density at radius 2 is 2.00 bits per heavy atom. The van der Waals surface area contributed by atoms with Crippen molar-refractivity contribution in [2.24, 2.45) is 0 Å². The number of benzene rings is 2. The van der Waals surface area contributed by atoms with E-state index in [0.29, 0.717) is 0 Å². The van der Waals surface area contributed by atoms with Crippen molar-refractivity contribution in [1.82, 2.24) is 9.38 Å². The second-order valence-corrected chi connectivity index (χ2v) is 5.28. The zero-order valence-corrected chi connectivity index (χ0v) is 16.9. The quantitative estimate of drug-likeness (QED) is 0.191. The molecule has 0 unspecified atom stereocenters. The second kappa shape index (κ2) is 6.47. The number of halogens is 1. The van der Waals surface area contributed by atoms with Gasteiger partial charge in [0.1, 0.15) is 0 Å². The number of nitrogens with zero attached hydrogens (tertiary/aromatic N) is 2. The third kappa shape index (κ3) is 2.42. The Kier molecular flexibility index (Phi) is 4.63. The van der Waals surface area contributed by atoms with Crippen molar-refractivity contribution in [1.29, 1.82) is 0 Å². The molecule has 4 rings (SSSR count). The summed E-state index contributed by atoms with van der Waals surface area (Å²) in [6.45, 7) is 0. The van der Waals surface area contributed by atoms with Crippen molar-refractivity contribution in [2.45, 2.75) is 4.90 Å². The van der Waals surface area contributed by atoms with Crippen LogP contribution in [-0.2, 0) is 16.3 Å². The molecule has 2 aromatic carbocycles. The van der Waals surface area contributed by atoms with Crippen molar-refractivity contribution < 1.29 is 16.3 Å². The van der Waals surface area contributed by atoms with Gasteiger partial charge >= 0.3 is 30.0 Å². The van der Waals surface area contributed by atoms with Crippen LogP contribution in [0.3, 0.4) is 0 Å². The maximum absolute atomic E-state index is 4.49. The number of pyridine rings is 1. The van der Waals surface area contributed by atoms with Gasteiger partial charge in [-0.1, -0.05) is 17.5 Å². The van der Waals surface area contributed by atoms with Gasteiger partial charge in [0.05, 0.1) is 11.2 Å². The summed E-state index contributed by atoms with van der Waals surface area (Å²) in [5.74, 6) is 0. The van der Waals surface area contributed by atoms with E-state index >= 15 is 0 Å². The van der Waals surface area contributed by atoms with Crippen LogP contribution in [0.4, 0.5) is 0 Å². The van der Waals surface area contributed by atoms with Crippen LogP contribution in [0.15, 0.2) is 53.7 Å². The van der Waals surface area contributed by atoms with Crippen LogP contribution >= 0.6 is 25.4 Å². The first-order chi connectivity index (χ1) is 10.4. The van der Waals surface area contributed by atoms with E-state index in [9.17, 15) is 0 Å². The van der Waals surface area contributed by atoms with Gasteiger partial charge in [-0.3, -0.25) is 4.98 Å². The normalized spacial score (nSPS) is 10.9. The molecule has 0 saturated carbocycles. The summed E-state index contributed by atoms with van der Waals surface area (Å²) in [5, 5.41) is 3.55. The van der Waals surface area contributed by atoms with Gasteiger partial charge in [-0.25, -0.2) is 0 Å². The van der Waals surface area contributed by atoms with Crippen molar-refractivity contribution in [3.63, 3.8) is 0 Å². The fraction of sp³-hybridized carbons (Fsp3) is 0.0625. The summed E-state index contributed by atoms with van der Waals surface area (Å²) < 4.78 is 2.17. The Labute approximate surface area is 144 Å². The molecule has 100 valence electrons. The third-order valence-electron chi connectivity index (χ3n) is 3.47. The third-order valence-corrected chi connectivity index (χ3v) is 4.24. The number of rotatable bonds is 1. The van der Waals surface area contributed by atoms with Crippen LogP contribution in [0.5, 0.6) is 0 Å². The van der Waals surface area contributed by atoms with Crippen molar-refractivity contribution in [3.05, 3.63) is 54.9 Å². The molecule has 0 radical (unpaired) electrons. The zero-order chi connectivity index (χ0) is 14.8. The molecule has 4 aromatic rings.